The molecular formula is C16H12N2OS. The lowest BCUT2D eigenvalue weighted by Gasteiger charge is -1.97. The van der Waals surface area contributed by atoms with Crippen LogP contribution in [0.2, 0.25) is 0 Å². The Morgan fingerprint density at radius 1 is 1.05 bits per heavy atom. The average molecular weight is 280 g/mol. The summed E-state index contributed by atoms with van der Waals surface area (Å²) in [7, 11) is 0. The monoisotopic (exact) mass is 280 g/mol. The first-order valence-electron chi connectivity index (χ1n) is 6.42. The van der Waals surface area contributed by atoms with E-state index >= 15 is 0 Å². The van der Waals surface area contributed by atoms with Crippen molar-refractivity contribution in [3.05, 3.63) is 60.3 Å². The van der Waals surface area contributed by atoms with Crippen LogP contribution < -0.4 is 0 Å². The van der Waals surface area contributed by atoms with Crippen LogP contribution in [0.5, 0.6) is 0 Å². The molecule has 0 saturated heterocycles. The Hall–Kier alpha value is -2.17. The second-order valence-electron chi connectivity index (χ2n) is 4.67. The summed E-state index contributed by atoms with van der Waals surface area (Å²) in [4.78, 5) is 5.65. The SMILES string of the molecule is OCc1cccc2c1sc1nc(-c3ccccc3)cn12. The van der Waals surface area contributed by atoms with Gasteiger partial charge in [0.1, 0.15) is 0 Å². The van der Waals surface area contributed by atoms with E-state index in [-0.39, 0.29) is 6.61 Å². The summed E-state index contributed by atoms with van der Waals surface area (Å²) in [6, 6.07) is 16.2. The number of imidazole rings is 1. The Balaban J connectivity index is 1.98. The molecule has 1 N–H and O–H groups in total. The predicted molar refractivity (Wildman–Crippen MR) is 81.9 cm³/mol. The van der Waals surface area contributed by atoms with Crippen LogP contribution in [-0.4, -0.2) is 14.5 Å². The lowest BCUT2D eigenvalue weighted by molar-refractivity contribution is 0.283. The zero-order chi connectivity index (χ0) is 13.5. The molecule has 2 heterocycles. The van der Waals surface area contributed by atoms with Crippen molar-refractivity contribution in [1.82, 2.24) is 9.38 Å². The molecule has 2 aromatic heterocycles. The van der Waals surface area contributed by atoms with Gasteiger partial charge < -0.3 is 5.11 Å². The van der Waals surface area contributed by atoms with E-state index in [2.05, 4.69) is 28.8 Å². The molecule has 0 unspecified atom stereocenters. The van der Waals surface area contributed by atoms with E-state index < -0.39 is 0 Å². The average Bonchev–Trinajstić information content (AvgIpc) is 3.05. The summed E-state index contributed by atoms with van der Waals surface area (Å²) in [6.07, 6.45) is 2.06. The van der Waals surface area contributed by atoms with Gasteiger partial charge in [-0.1, -0.05) is 53.8 Å². The van der Waals surface area contributed by atoms with Crippen LogP contribution in [0.25, 0.3) is 26.4 Å². The second kappa shape index (κ2) is 4.44. The van der Waals surface area contributed by atoms with Gasteiger partial charge >= 0.3 is 0 Å². The molecule has 0 saturated carbocycles. The van der Waals surface area contributed by atoms with Gasteiger partial charge in [-0.3, -0.25) is 4.40 Å². The maximum Gasteiger partial charge on any atom is 0.195 e. The zero-order valence-corrected chi connectivity index (χ0v) is 11.5. The minimum absolute atomic E-state index is 0.0621. The third-order valence-electron chi connectivity index (χ3n) is 3.44. The van der Waals surface area contributed by atoms with Crippen molar-refractivity contribution in [2.75, 3.05) is 0 Å². The molecular weight excluding hydrogens is 268 g/mol. The molecule has 98 valence electrons. The fraction of sp³-hybridized carbons (Fsp3) is 0.0625. The first kappa shape index (κ1) is 11.6. The molecule has 0 amide bonds. The molecule has 0 radical (unpaired) electrons. The van der Waals surface area contributed by atoms with Crippen molar-refractivity contribution in [2.24, 2.45) is 0 Å². The number of aromatic nitrogens is 2. The lowest BCUT2D eigenvalue weighted by atomic mass is 10.2. The van der Waals surface area contributed by atoms with E-state index in [0.29, 0.717) is 0 Å². The van der Waals surface area contributed by atoms with Gasteiger partial charge in [0.05, 0.1) is 22.5 Å². The van der Waals surface area contributed by atoms with Crippen molar-refractivity contribution in [3.8, 4) is 11.3 Å². The highest BCUT2D eigenvalue weighted by atomic mass is 32.1. The minimum Gasteiger partial charge on any atom is -0.392 e. The van der Waals surface area contributed by atoms with Gasteiger partial charge in [0, 0.05) is 11.8 Å². The van der Waals surface area contributed by atoms with Crippen molar-refractivity contribution in [3.63, 3.8) is 0 Å². The second-order valence-corrected chi connectivity index (χ2v) is 5.65. The number of fused-ring (bicyclic) bond motifs is 3. The Kier molecular flexibility index (Phi) is 2.58. The number of aliphatic hydroxyl groups excluding tert-OH is 1. The number of aliphatic hydroxyl groups is 1. The molecule has 4 aromatic rings. The van der Waals surface area contributed by atoms with Gasteiger partial charge in [0.25, 0.3) is 0 Å². The molecule has 0 spiro atoms. The normalized spacial score (nSPS) is 11.4. The summed E-state index contributed by atoms with van der Waals surface area (Å²) in [5, 5.41) is 9.41. The van der Waals surface area contributed by atoms with Crippen molar-refractivity contribution in [2.45, 2.75) is 6.61 Å². The van der Waals surface area contributed by atoms with Crippen molar-refractivity contribution < 1.29 is 5.11 Å². The van der Waals surface area contributed by atoms with Gasteiger partial charge in [-0.25, -0.2) is 4.98 Å². The molecule has 0 fully saturated rings. The van der Waals surface area contributed by atoms with Gasteiger partial charge in [-0.2, -0.15) is 0 Å². The van der Waals surface area contributed by atoms with Crippen LogP contribution in [0.1, 0.15) is 5.56 Å². The van der Waals surface area contributed by atoms with Gasteiger partial charge in [0.2, 0.25) is 0 Å². The largest absolute Gasteiger partial charge is 0.392 e. The predicted octanol–water partition coefficient (Wildman–Crippen LogP) is 3.71. The van der Waals surface area contributed by atoms with E-state index in [1.54, 1.807) is 11.3 Å². The molecule has 0 aliphatic carbocycles. The van der Waals surface area contributed by atoms with Crippen LogP contribution in [0.15, 0.2) is 54.7 Å². The zero-order valence-electron chi connectivity index (χ0n) is 10.7. The maximum absolute atomic E-state index is 9.41. The topological polar surface area (TPSA) is 37.5 Å². The summed E-state index contributed by atoms with van der Waals surface area (Å²) in [5.74, 6) is 0. The van der Waals surface area contributed by atoms with Crippen LogP contribution in [-0.2, 0) is 6.61 Å². The van der Waals surface area contributed by atoms with E-state index in [9.17, 15) is 5.11 Å². The highest BCUT2D eigenvalue weighted by Gasteiger charge is 2.11. The number of benzene rings is 2. The fourth-order valence-corrected chi connectivity index (χ4v) is 3.56. The number of nitrogens with zero attached hydrogens (tertiary/aromatic N) is 2. The maximum atomic E-state index is 9.41. The third kappa shape index (κ3) is 1.66. The van der Waals surface area contributed by atoms with Crippen LogP contribution >= 0.6 is 11.3 Å². The van der Waals surface area contributed by atoms with Gasteiger partial charge in [-0.05, 0) is 11.6 Å². The lowest BCUT2D eigenvalue weighted by Crippen LogP contribution is -1.83. The van der Waals surface area contributed by atoms with Crippen LogP contribution in [0, 0.1) is 0 Å². The number of thiazole rings is 1. The smallest absolute Gasteiger partial charge is 0.195 e. The minimum atomic E-state index is 0.0621. The molecule has 4 rings (SSSR count). The van der Waals surface area contributed by atoms with Gasteiger partial charge in [0.15, 0.2) is 4.96 Å². The van der Waals surface area contributed by atoms with E-state index in [1.807, 2.05) is 30.3 Å². The molecule has 2 aromatic carbocycles. The molecule has 20 heavy (non-hydrogen) atoms. The van der Waals surface area contributed by atoms with Crippen molar-refractivity contribution >= 4 is 26.5 Å². The summed E-state index contributed by atoms with van der Waals surface area (Å²) in [5.41, 5.74) is 4.16. The fourth-order valence-electron chi connectivity index (χ4n) is 2.45. The highest BCUT2D eigenvalue weighted by molar-refractivity contribution is 7.23. The Morgan fingerprint density at radius 2 is 1.90 bits per heavy atom. The van der Waals surface area contributed by atoms with Crippen LogP contribution in [0.3, 0.4) is 0 Å². The first-order chi connectivity index (χ1) is 9.86. The Labute approximate surface area is 119 Å². The van der Waals surface area contributed by atoms with Gasteiger partial charge in [-0.15, -0.1) is 0 Å². The van der Waals surface area contributed by atoms with E-state index in [0.717, 1.165) is 32.0 Å². The Morgan fingerprint density at radius 3 is 2.70 bits per heavy atom. The standard InChI is InChI=1S/C16H12N2OS/c19-10-12-7-4-8-14-15(12)20-16-17-13(9-18(14)16)11-5-2-1-3-6-11/h1-9,19H,10H2. The summed E-state index contributed by atoms with van der Waals surface area (Å²) in [6.45, 7) is 0.0621. The van der Waals surface area contributed by atoms with Crippen molar-refractivity contribution in [1.29, 1.82) is 0 Å². The number of hydrogen-bond donors (Lipinski definition) is 1. The summed E-state index contributed by atoms with van der Waals surface area (Å²) < 4.78 is 3.21. The molecule has 3 nitrogen and oxygen atoms in total. The third-order valence-corrected chi connectivity index (χ3v) is 4.59. The van der Waals surface area contributed by atoms with E-state index in [1.165, 1.54) is 0 Å². The molecule has 0 bridgehead atoms. The quantitative estimate of drug-likeness (QED) is 0.608. The molecule has 4 heteroatoms. The summed E-state index contributed by atoms with van der Waals surface area (Å²) >= 11 is 1.62. The first-order valence-corrected chi connectivity index (χ1v) is 7.24. The molecule has 0 atom stereocenters. The van der Waals surface area contributed by atoms with E-state index in [4.69, 9.17) is 4.98 Å². The molecule has 0 aliphatic heterocycles. The number of hydrogen-bond acceptors (Lipinski definition) is 3. The Bertz CT molecular complexity index is 893. The van der Waals surface area contributed by atoms with Crippen LogP contribution in [0.4, 0.5) is 0 Å². The highest BCUT2D eigenvalue weighted by Crippen LogP contribution is 2.31. The number of rotatable bonds is 2. The molecule has 0 aliphatic rings.